The van der Waals surface area contributed by atoms with Crippen LogP contribution in [0.4, 0.5) is 13.2 Å². The molecule has 0 bridgehead atoms. The predicted octanol–water partition coefficient (Wildman–Crippen LogP) is 2.06. The zero-order valence-corrected chi connectivity index (χ0v) is 11.0. The molecular formula is C9H15F3N2OS2. The van der Waals surface area contributed by atoms with Crippen molar-refractivity contribution in [1.82, 2.24) is 5.32 Å². The summed E-state index contributed by atoms with van der Waals surface area (Å²) in [5.74, 6) is -1.21. The Morgan fingerprint density at radius 3 is 2.53 bits per heavy atom. The minimum atomic E-state index is -4.27. The van der Waals surface area contributed by atoms with Gasteiger partial charge in [-0.05, 0) is 18.2 Å². The van der Waals surface area contributed by atoms with E-state index in [9.17, 15) is 18.0 Å². The fraction of sp³-hybridized carbons (Fsp3) is 0.778. The van der Waals surface area contributed by atoms with Crippen molar-refractivity contribution >= 4 is 34.9 Å². The Labute approximate surface area is 108 Å². The Hall–Kier alpha value is -0.500. The first kappa shape index (κ1) is 16.5. The summed E-state index contributed by atoms with van der Waals surface area (Å²) >= 11 is 4.56. The molecular weight excluding hydrogens is 273 g/mol. The molecule has 0 rings (SSSR count). The quantitative estimate of drug-likeness (QED) is 0.556. The van der Waals surface area contributed by atoms with E-state index in [0.29, 0.717) is 6.42 Å². The Bertz CT molecular complexity index is 271. The number of alkyl halides is 3. The van der Waals surface area contributed by atoms with E-state index >= 15 is 0 Å². The molecule has 17 heavy (non-hydrogen) atoms. The van der Waals surface area contributed by atoms with Crippen LogP contribution >= 0.6 is 24.0 Å². The molecule has 0 radical (unpaired) electrons. The summed E-state index contributed by atoms with van der Waals surface area (Å²) in [5.41, 5.74) is 1.12. The molecule has 100 valence electrons. The maximum absolute atomic E-state index is 11.8. The largest absolute Gasteiger partial charge is 0.441 e. The van der Waals surface area contributed by atoms with Crippen LogP contribution in [0, 0.1) is 5.92 Å². The highest BCUT2D eigenvalue weighted by Crippen LogP contribution is 2.29. The number of hydrogen-bond donors (Lipinski definition) is 2. The number of amides is 1. The van der Waals surface area contributed by atoms with E-state index in [2.05, 4.69) is 5.32 Å². The molecule has 0 aliphatic rings. The molecule has 1 amide bonds. The number of thiocarbonyl (C=S) groups is 1. The highest BCUT2D eigenvalue weighted by molar-refractivity contribution is 8.00. The molecule has 0 saturated carbocycles. The van der Waals surface area contributed by atoms with Gasteiger partial charge in [0.15, 0.2) is 0 Å². The summed E-state index contributed by atoms with van der Waals surface area (Å²) in [6, 6.07) is 0. The van der Waals surface area contributed by atoms with Crippen LogP contribution in [0.15, 0.2) is 0 Å². The van der Waals surface area contributed by atoms with Crippen molar-refractivity contribution in [2.45, 2.75) is 25.3 Å². The first-order valence-electron chi connectivity index (χ1n) is 5.05. The van der Waals surface area contributed by atoms with E-state index in [1.165, 1.54) is 0 Å². The number of thioether (sulfide) groups is 1. The lowest BCUT2D eigenvalue weighted by atomic mass is 10.0. The van der Waals surface area contributed by atoms with Gasteiger partial charge in [-0.15, -0.1) is 0 Å². The Morgan fingerprint density at radius 2 is 2.12 bits per heavy atom. The SMILES string of the molecule is CCCC(C(=O)NCCSC(F)(F)F)C(N)=S. The third-order valence-electron chi connectivity index (χ3n) is 1.90. The summed E-state index contributed by atoms with van der Waals surface area (Å²) in [6.07, 6.45) is 1.24. The summed E-state index contributed by atoms with van der Waals surface area (Å²) in [4.78, 5) is 11.6. The fourth-order valence-corrected chi connectivity index (χ4v) is 1.82. The molecule has 0 heterocycles. The van der Waals surface area contributed by atoms with Gasteiger partial charge in [0, 0.05) is 12.3 Å². The van der Waals surface area contributed by atoms with Gasteiger partial charge in [-0.25, -0.2) is 0 Å². The highest BCUT2D eigenvalue weighted by Gasteiger charge is 2.27. The van der Waals surface area contributed by atoms with E-state index in [1.54, 1.807) is 0 Å². The van der Waals surface area contributed by atoms with Crippen molar-refractivity contribution in [3.8, 4) is 0 Å². The van der Waals surface area contributed by atoms with E-state index in [-0.39, 0.29) is 29.0 Å². The molecule has 1 unspecified atom stereocenters. The summed E-state index contributed by atoms with van der Waals surface area (Å²) < 4.78 is 35.4. The lowest BCUT2D eigenvalue weighted by Gasteiger charge is -2.14. The van der Waals surface area contributed by atoms with Crippen LogP contribution in [0.3, 0.4) is 0 Å². The van der Waals surface area contributed by atoms with Gasteiger partial charge >= 0.3 is 5.51 Å². The molecule has 0 aliphatic heterocycles. The zero-order valence-electron chi connectivity index (χ0n) is 9.34. The second-order valence-electron chi connectivity index (χ2n) is 3.33. The molecule has 0 aromatic rings. The monoisotopic (exact) mass is 288 g/mol. The van der Waals surface area contributed by atoms with Gasteiger partial charge in [-0.1, -0.05) is 25.6 Å². The van der Waals surface area contributed by atoms with Crippen molar-refractivity contribution in [1.29, 1.82) is 0 Å². The number of hydrogen-bond acceptors (Lipinski definition) is 3. The number of carbonyl (C=O) groups excluding carboxylic acids is 1. The normalized spacial score (nSPS) is 13.2. The van der Waals surface area contributed by atoms with E-state index < -0.39 is 17.3 Å². The van der Waals surface area contributed by atoms with E-state index in [1.807, 2.05) is 6.92 Å². The molecule has 0 spiro atoms. The Kier molecular flexibility index (Phi) is 7.53. The summed E-state index contributed by atoms with van der Waals surface area (Å²) in [6.45, 7) is 1.82. The van der Waals surface area contributed by atoms with Gasteiger partial charge < -0.3 is 11.1 Å². The van der Waals surface area contributed by atoms with Crippen LogP contribution < -0.4 is 11.1 Å². The Morgan fingerprint density at radius 1 is 1.53 bits per heavy atom. The maximum Gasteiger partial charge on any atom is 0.441 e. The Balaban J connectivity index is 3.95. The predicted molar refractivity (Wildman–Crippen MR) is 66.7 cm³/mol. The lowest BCUT2D eigenvalue weighted by Crippen LogP contribution is -2.38. The lowest BCUT2D eigenvalue weighted by molar-refractivity contribution is -0.123. The van der Waals surface area contributed by atoms with Crippen LogP contribution in [0.25, 0.3) is 0 Å². The number of rotatable bonds is 7. The first-order chi connectivity index (χ1) is 7.78. The first-order valence-corrected chi connectivity index (χ1v) is 6.45. The molecule has 0 aliphatic carbocycles. The third-order valence-corrected chi connectivity index (χ3v) is 2.92. The number of halogens is 3. The zero-order chi connectivity index (χ0) is 13.5. The molecule has 0 aromatic carbocycles. The van der Waals surface area contributed by atoms with Gasteiger partial charge in [0.1, 0.15) is 0 Å². The highest BCUT2D eigenvalue weighted by atomic mass is 32.2. The molecule has 3 nitrogen and oxygen atoms in total. The minimum Gasteiger partial charge on any atom is -0.393 e. The van der Waals surface area contributed by atoms with Gasteiger partial charge in [-0.3, -0.25) is 4.79 Å². The fourth-order valence-electron chi connectivity index (χ4n) is 1.16. The maximum atomic E-state index is 11.8. The van der Waals surface area contributed by atoms with Gasteiger partial charge in [-0.2, -0.15) is 13.2 Å². The minimum absolute atomic E-state index is 0.0498. The topological polar surface area (TPSA) is 55.1 Å². The molecule has 1 atom stereocenters. The van der Waals surface area contributed by atoms with Crippen LogP contribution in [0.1, 0.15) is 19.8 Å². The standard InChI is InChI=1S/C9H15F3N2OS2/c1-2-3-6(7(13)16)8(15)14-4-5-17-9(10,11)12/h6H,2-5H2,1H3,(H2,13,16)(H,14,15). The summed E-state index contributed by atoms with van der Waals surface area (Å²) in [5, 5.41) is 2.39. The molecule has 3 N–H and O–H groups in total. The second kappa shape index (κ2) is 7.75. The smallest absolute Gasteiger partial charge is 0.393 e. The third kappa shape index (κ3) is 8.25. The van der Waals surface area contributed by atoms with Crippen molar-refractivity contribution < 1.29 is 18.0 Å². The van der Waals surface area contributed by atoms with Crippen LogP contribution in [0.5, 0.6) is 0 Å². The van der Waals surface area contributed by atoms with Crippen molar-refractivity contribution in [3.63, 3.8) is 0 Å². The van der Waals surface area contributed by atoms with Crippen LogP contribution in [-0.4, -0.2) is 28.7 Å². The number of carbonyl (C=O) groups is 1. The van der Waals surface area contributed by atoms with E-state index in [4.69, 9.17) is 18.0 Å². The van der Waals surface area contributed by atoms with Crippen molar-refractivity contribution in [2.75, 3.05) is 12.3 Å². The van der Waals surface area contributed by atoms with Crippen molar-refractivity contribution in [2.24, 2.45) is 11.7 Å². The average molecular weight is 288 g/mol. The summed E-state index contributed by atoms with van der Waals surface area (Å²) in [7, 11) is 0. The second-order valence-corrected chi connectivity index (χ2v) is 4.96. The van der Waals surface area contributed by atoms with Crippen molar-refractivity contribution in [3.05, 3.63) is 0 Å². The van der Waals surface area contributed by atoms with Crippen LogP contribution in [0.2, 0.25) is 0 Å². The van der Waals surface area contributed by atoms with Gasteiger partial charge in [0.2, 0.25) is 5.91 Å². The molecule has 0 aromatic heterocycles. The average Bonchev–Trinajstić information content (AvgIpc) is 2.18. The molecule has 0 saturated heterocycles. The van der Waals surface area contributed by atoms with Gasteiger partial charge in [0.05, 0.1) is 10.9 Å². The van der Waals surface area contributed by atoms with Crippen LogP contribution in [-0.2, 0) is 4.79 Å². The number of nitrogens with two attached hydrogens (primary N) is 1. The number of nitrogens with one attached hydrogen (secondary N) is 1. The van der Waals surface area contributed by atoms with Gasteiger partial charge in [0.25, 0.3) is 0 Å². The molecule has 8 heteroatoms. The molecule has 0 fully saturated rings. The van der Waals surface area contributed by atoms with E-state index in [0.717, 1.165) is 6.42 Å².